The van der Waals surface area contributed by atoms with Gasteiger partial charge in [-0.15, -0.1) is 0 Å². The predicted molar refractivity (Wildman–Crippen MR) is 85.6 cm³/mol. The summed E-state index contributed by atoms with van der Waals surface area (Å²) in [7, 11) is 0. The molecule has 1 unspecified atom stereocenters. The van der Waals surface area contributed by atoms with Crippen LogP contribution in [0.4, 0.5) is 0 Å². The highest BCUT2D eigenvalue weighted by molar-refractivity contribution is 4.72. The minimum atomic E-state index is 0.411. The molecule has 0 radical (unpaired) electrons. The van der Waals surface area contributed by atoms with E-state index in [1.807, 2.05) is 27.7 Å². The fraction of sp³-hybridized carbons (Fsp3) is 1.00. The van der Waals surface area contributed by atoms with Gasteiger partial charge >= 0.3 is 0 Å². The average molecular weight is 248 g/mol. The molecule has 0 saturated heterocycles. The fourth-order valence-corrected chi connectivity index (χ4v) is 1.03. The van der Waals surface area contributed by atoms with E-state index in [0.717, 1.165) is 6.54 Å². The summed E-state index contributed by atoms with van der Waals surface area (Å²) in [4.78, 5) is 0. The van der Waals surface area contributed by atoms with Crippen LogP contribution in [-0.4, -0.2) is 6.54 Å². The quantitative estimate of drug-likeness (QED) is 0.631. The SMILES string of the molecule is CC.CC.CCCC.CCCC(C)(CC)CN. The molecule has 0 amide bonds. The topological polar surface area (TPSA) is 26.0 Å². The molecule has 0 aromatic carbocycles. The summed E-state index contributed by atoms with van der Waals surface area (Å²) >= 11 is 0. The highest BCUT2D eigenvalue weighted by Gasteiger charge is 2.17. The second-order valence-corrected chi connectivity index (χ2v) is 4.12. The first kappa shape index (κ1) is 25.7. The third kappa shape index (κ3) is 25.9. The molecule has 0 rings (SSSR count). The van der Waals surface area contributed by atoms with Crippen LogP contribution in [0.25, 0.3) is 0 Å². The van der Waals surface area contributed by atoms with Crippen molar-refractivity contribution in [3.63, 3.8) is 0 Å². The van der Waals surface area contributed by atoms with Crippen LogP contribution < -0.4 is 5.73 Å². The van der Waals surface area contributed by atoms with Crippen molar-refractivity contribution in [3.05, 3.63) is 0 Å². The molecule has 0 aromatic rings. The molecule has 0 spiro atoms. The molecule has 0 heterocycles. The van der Waals surface area contributed by atoms with Crippen molar-refractivity contribution in [3.8, 4) is 0 Å². The lowest BCUT2D eigenvalue weighted by molar-refractivity contribution is 0.293. The van der Waals surface area contributed by atoms with Crippen molar-refractivity contribution in [2.75, 3.05) is 6.54 Å². The second kappa shape index (κ2) is 25.0. The third-order valence-corrected chi connectivity index (χ3v) is 2.70. The van der Waals surface area contributed by atoms with Crippen LogP contribution in [0.15, 0.2) is 0 Å². The lowest BCUT2D eigenvalue weighted by Gasteiger charge is -2.25. The average Bonchev–Trinajstić information content (AvgIpc) is 2.43. The largest absolute Gasteiger partial charge is 0.330 e. The van der Waals surface area contributed by atoms with Crippen LogP contribution in [0.1, 0.15) is 94.4 Å². The van der Waals surface area contributed by atoms with E-state index in [1.54, 1.807) is 0 Å². The van der Waals surface area contributed by atoms with Gasteiger partial charge in [0, 0.05) is 0 Å². The van der Waals surface area contributed by atoms with E-state index in [9.17, 15) is 0 Å². The second-order valence-electron chi connectivity index (χ2n) is 4.12. The van der Waals surface area contributed by atoms with Crippen LogP contribution in [0.3, 0.4) is 0 Å². The molecule has 0 aliphatic heterocycles. The summed E-state index contributed by atoms with van der Waals surface area (Å²) < 4.78 is 0. The Labute approximate surface area is 113 Å². The third-order valence-electron chi connectivity index (χ3n) is 2.70. The van der Waals surface area contributed by atoms with E-state index in [4.69, 9.17) is 5.73 Å². The van der Waals surface area contributed by atoms with Crippen LogP contribution in [0, 0.1) is 5.41 Å². The van der Waals surface area contributed by atoms with Gasteiger partial charge in [0.2, 0.25) is 0 Å². The van der Waals surface area contributed by atoms with E-state index in [-0.39, 0.29) is 0 Å². The molecular formula is C16H41N. The molecular weight excluding hydrogens is 206 g/mol. The number of unbranched alkanes of at least 4 members (excludes halogenated alkanes) is 1. The highest BCUT2D eigenvalue weighted by Crippen LogP contribution is 2.24. The maximum absolute atomic E-state index is 5.60. The van der Waals surface area contributed by atoms with Gasteiger partial charge in [-0.05, 0) is 24.8 Å². The van der Waals surface area contributed by atoms with Crippen molar-refractivity contribution < 1.29 is 0 Å². The first-order chi connectivity index (χ1) is 8.10. The Morgan fingerprint density at radius 1 is 0.765 bits per heavy atom. The normalized spacial score (nSPS) is 11.6. The zero-order chi connectivity index (χ0) is 14.7. The van der Waals surface area contributed by atoms with Crippen LogP contribution >= 0.6 is 0 Å². The van der Waals surface area contributed by atoms with Gasteiger partial charge in [0.15, 0.2) is 0 Å². The minimum Gasteiger partial charge on any atom is -0.330 e. The van der Waals surface area contributed by atoms with E-state index in [0.29, 0.717) is 5.41 Å². The Morgan fingerprint density at radius 2 is 1.12 bits per heavy atom. The Hall–Kier alpha value is -0.0400. The maximum atomic E-state index is 5.60. The van der Waals surface area contributed by atoms with Gasteiger partial charge in [-0.2, -0.15) is 0 Å². The summed E-state index contributed by atoms with van der Waals surface area (Å²) in [5.41, 5.74) is 6.02. The summed E-state index contributed by atoms with van der Waals surface area (Å²) in [5, 5.41) is 0. The van der Waals surface area contributed by atoms with E-state index in [2.05, 4.69) is 34.6 Å². The first-order valence-corrected chi connectivity index (χ1v) is 7.80. The maximum Gasteiger partial charge on any atom is -0.00233 e. The van der Waals surface area contributed by atoms with Gasteiger partial charge in [-0.1, -0.05) is 81.6 Å². The molecule has 0 aromatic heterocycles. The van der Waals surface area contributed by atoms with Crippen molar-refractivity contribution in [2.45, 2.75) is 94.4 Å². The number of hydrogen-bond acceptors (Lipinski definition) is 1. The number of rotatable bonds is 5. The van der Waals surface area contributed by atoms with Crippen LogP contribution in [-0.2, 0) is 0 Å². The number of hydrogen-bond donors (Lipinski definition) is 1. The van der Waals surface area contributed by atoms with Crippen molar-refractivity contribution >= 4 is 0 Å². The van der Waals surface area contributed by atoms with E-state index < -0.39 is 0 Å². The summed E-state index contributed by atoms with van der Waals surface area (Å²) in [5.74, 6) is 0. The first-order valence-electron chi connectivity index (χ1n) is 7.80. The highest BCUT2D eigenvalue weighted by atomic mass is 14.6. The van der Waals surface area contributed by atoms with Gasteiger partial charge in [0.1, 0.15) is 0 Å². The summed E-state index contributed by atoms with van der Waals surface area (Å²) in [6.45, 7) is 19.9. The van der Waals surface area contributed by atoms with Gasteiger partial charge in [0.25, 0.3) is 0 Å². The van der Waals surface area contributed by atoms with Crippen LogP contribution in [0.5, 0.6) is 0 Å². The summed E-state index contributed by atoms with van der Waals surface area (Å²) in [6.07, 6.45) is 6.36. The fourth-order valence-electron chi connectivity index (χ4n) is 1.03. The smallest absolute Gasteiger partial charge is 0.00233 e. The Balaban J connectivity index is -0.0000000887. The van der Waals surface area contributed by atoms with Crippen LogP contribution in [0.2, 0.25) is 0 Å². The molecule has 1 atom stereocenters. The molecule has 17 heavy (non-hydrogen) atoms. The van der Waals surface area contributed by atoms with Gasteiger partial charge in [0.05, 0.1) is 0 Å². The zero-order valence-electron chi connectivity index (χ0n) is 14.3. The minimum absolute atomic E-state index is 0.411. The Kier molecular flexibility index (Phi) is 37.8. The Morgan fingerprint density at radius 3 is 1.18 bits per heavy atom. The van der Waals surface area contributed by atoms with Gasteiger partial charge in [-0.3, -0.25) is 0 Å². The summed E-state index contributed by atoms with van der Waals surface area (Å²) in [6, 6.07) is 0. The molecule has 1 nitrogen and oxygen atoms in total. The zero-order valence-corrected chi connectivity index (χ0v) is 14.3. The molecule has 2 N–H and O–H groups in total. The predicted octanol–water partition coefficient (Wildman–Crippen LogP) is 6.02. The van der Waals surface area contributed by atoms with Crippen molar-refractivity contribution in [1.29, 1.82) is 0 Å². The van der Waals surface area contributed by atoms with E-state index in [1.165, 1.54) is 32.1 Å². The molecule has 0 bridgehead atoms. The molecule has 0 saturated carbocycles. The molecule has 1 heteroatoms. The van der Waals surface area contributed by atoms with Gasteiger partial charge < -0.3 is 5.73 Å². The molecule has 0 aliphatic rings. The molecule has 0 aliphatic carbocycles. The molecule has 0 fully saturated rings. The van der Waals surface area contributed by atoms with Crippen molar-refractivity contribution in [2.24, 2.45) is 11.1 Å². The Bertz CT molecular complexity index is 83.5. The lowest BCUT2D eigenvalue weighted by Crippen LogP contribution is -2.25. The monoisotopic (exact) mass is 247 g/mol. The standard InChI is InChI=1S/C8H19N.C4H10.2C2H6/c1-4-6-8(3,5-2)7-9;1-3-4-2;2*1-2/h4-7,9H2,1-3H3;3-4H2,1-2H3;2*1-2H3. The molecule has 110 valence electrons. The van der Waals surface area contributed by atoms with Gasteiger partial charge in [-0.25, -0.2) is 0 Å². The number of nitrogens with two attached hydrogens (primary N) is 1. The lowest BCUT2D eigenvalue weighted by atomic mass is 9.83. The van der Waals surface area contributed by atoms with E-state index >= 15 is 0 Å². The van der Waals surface area contributed by atoms with Crippen molar-refractivity contribution in [1.82, 2.24) is 0 Å².